The monoisotopic (exact) mass is 133 g/mol. The molecule has 0 amide bonds. The van der Waals surface area contributed by atoms with Crippen LogP contribution in [0.25, 0.3) is 0 Å². The van der Waals surface area contributed by atoms with E-state index in [0.717, 1.165) is 0 Å². The summed E-state index contributed by atoms with van der Waals surface area (Å²) >= 11 is 0.682. The quantitative estimate of drug-likeness (QED) is 0.499. The topological polar surface area (TPSA) is 17.1 Å². The van der Waals surface area contributed by atoms with Crippen LogP contribution in [-0.4, -0.2) is 5.25 Å². The first-order chi connectivity index (χ1) is 3.48. The van der Waals surface area contributed by atoms with E-state index in [1.807, 2.05) is 6.92 Å². The lowest BCUT2D eigenvalue weighted by molar-refractivity contribution is 0.404. The molecule has 1 atom stereocenters. The molecule has 0 heterocycles. The highest BCUT2D eigenvalue weighted by molar-refractivity contribution is 7.66. The zero-order chi connectivity index (χ0) is 6.78. The maximum atomic E-state index is 10.2. The first-order valence-electron chi connectivity index (χ1n) is 2.77. The molecule has 0 aromatic heterocycles. The Hall–Kier alpha value is 0.0200. The zero-order valence-electron chi connectivity index (χ0n) is 5.89. The van der Waals surface area contributed by atoms with Gasteiger partial charge in [-0.3, -0.25) is 0 Å². The summed E-state index contributed by atoms with van der Waals surface area (Å²) in [4.78, 5) is 0. The summed E-state index contributed by atoms with van der Waals surface area (Å²) in [6.07, 6.45) is 0. The van der Waals surface area contributed by atoms with Crippen molar-refractivity contribution in [3.8, 4) is 0 Å². The summed E-state index contributed by atoms with van der Waals surface area (Å²) in [5.74, 6) is 0. The van der Waals surface area contributed by atoms with Crippen LogP contribution in [0.15, 0.2) is 0 Å². The molecule has 0 aliphatic heterocycles. The van der Waals surface area contributed by atoms with E-state index in [2.05, 4.69) is 20.8 Å². The normalized spacial score (nSPS) is 15.5. The van der Waals surface area contributed by atoms with Gasteiger partial charge in [0.15, 0.2) is 0 Å². The van der Waals surface area contributed by atoms with E-state index in [1.54, 1.807) is 0 Å². The Kier molecular flexibility index (Phi) is 2.54. The second-order valence-corrected chi connectivity index (χ2v) is 4.00. The number of rotatable bonds is 1. The van der Waals surface area contributed by atoms with Gasteiger partial charge in [-0.05, 0) is 6.92 Å². The van der Waals surface area contributed by atoms with Gasteiger partial charge in [-0.1, -0.05) is 20.8 Å². The third-order valence-electron chi connectivity index (χ3n) is 1.36. The molecule has 0 saturated carbocycles. The van der Waals surface area contributed by atoms with E-state index in [1.165, 1.54) is 0 Å². The molecule has 0 aliphatic carbocycles. The summed E-state index contributed by atoms with van der Waals surface area (Å²) in [5.41, 5.74) is 0.159. The van der Waals surface area contributed by atoms with Gasteiger partial charge in [-0.25, -0.2) is 0 Å². The van der Waals surface area contributed by atoms with Gasteiger partial charge in [0.25, 0.3) is 0 Å². The van der Waals surface area contributed by atoms with Gasteiger partial charge in [0.05, 0.1) is 0 Å². The van der Waals surface area contributed by atoms with E-state index in [4.69, 9.17) is 0 Å². The van der Waals surface area contributed by atoms with Gasteiger partial charge >= 0.3 is 11.7 Å². The average molecular weight is 133 g/mol. The summed E-state index contributed by atoms with van der Waals surface area (Å²) < 4.78 is 10.2. The van der Waals surface area contributed by atoms with Crippen molar-refractivity contribution in [2.45, 2.75) is 32.9 Å². The Morgan fingerprint density at radius 3 is 1.75 bits per heavy atom. The van der Waals surface area contributed by atoms with E-state index < -0.39 is 0 Å². The van der Waals surface area contributed by atoms with Crippen molar-refractivity contribution in [3.63, 3.8) is 0 Å². The van der Waals surface area contributed by atoms with Crippen molar-refractivity contribution in [3.05, 3.63) is 0 Å². The number of hydrogen-bond acceptors (Lipinski definition) is 1. The number of hydrogen-bond donors (Lipinski definition) is 0. The van der Waals surface area contributed by atoms with Gasteiger partial charge in [-0.2, -0.15) is 0 Å². The molecule has 2 heteroatoms. The predicted molar refractivity (Wildman–Crippen MR) is 37.0 cm³/mol. The Morgan fingerprint density at radius 1 is 1.38 bits per heavy atom. The first-order valence-corrected chi connectivity index (χ1v) is 3.57. The van der Waals surface area contributed by atoms with E-state index in [9.17, 15) is 4.21 Å². The van der Waals surface area contributed by atoms with Crippen LogP contribution in [-0.2, 0) is 15.9 Å². The fourth-order valence-corrected chi connectivity index (χ4v) is 0.433. The summed E-state index contributed by atoms with van der Waals surface area (Å²) in [6.45, 7) is 8.17. The van der Waals surface area contributed by atoms with Crippen molar-refractivity contribution in [1.29, 1.82) is 0 Å². The third kappa shape index (κ3) is 2.36. The maximum Gasteiger partial charge on any atom is 0.462 e. The molecule has 0 fully saturated rings. The highest BCUT2D eigenvalue weighted by atomic mass is 32.1. The van der Waals surface area contributed by atoms with Crippen LogP contribution in [0.2, 0.25) is 0 Å². The molecule has 8 heavy (non-hydrogen) atoms. The smallest absolute Gasteiger partial charge is 0.0546 e. The Balaban J connectivity index is 3.80. The molecule has 0 aromatic rings. The van der Waals surface area contributed by atoms with Gasteiger partial charge in [0, 0.05) is 9.62 Å². The minimum absolute atomic E-state index is 0.159. The van der Waals surface area contributed by atoms with Crippen LogP contribution in [0, 0.1) is 5.41 Å². The second-order valence-electron chi connectivity index (χ2n) is 3.10. The van der Waals surface area contributed by atoms with Crippen LogP contribution in [0.3, 0.4) is 0 Å². The molecule has 0 bridgehead atoms. The van der Waals surface area contributed by atoms with Crippen molar-refractivity contribution in [2.24, 2.45) is 5.41 Å². The first kappa shape index (κ1) is 8.02. The minimum Gasteiger partial charge on any atom is -0.0546 e. The standard InChI is InChI=1S/C6H13OS/c1-5(8-7)6(2,3)4/h5H,1-4H3/q+1. The fourth-order valence-electron chi connectivity index (χ4n) is 0.144. The van der Waals surface area contributed by atoms with Crippen molar-refractivity contribution in [1.82, 2.24) is 0 Å². The lowest BCUT2D eigenvalue weighted by Crippen LogP contribution is -2.21. The highest BCUT2D eigenvalue weighted by Gasteiger charge is 2.30. The SMILES string of the molecule is CC([S+]=O)C(C)(C)C. The maximum absolute atomic E-state index is 10.2. The Bertz CT molecular complexity index is 83.0. The summed E-state index contributed by atoms with van der Waals surface area (Å²) in [7, 11) is 0. The molecular formula is C6H13OS+. The van der Waals surface area contributed by atoms with Crippen molar-refractivity contribution >= 4 is 11.7 Å². The van der Waals surface area contributed by atoms with E-state index in [-0.39, 0.29) is 10.7 Å². The Labute approximate surface area is 55.0 Å². The zero-order valence-corrected chi connectivity index (χ0v) is 6.71. The summed E-state index contributed by atoms with van der Waals surface area (Å²) in [6, 6.07) is 0. The molecule has 0 N–H and O–H groups in total. The molecule has 0 aromatic carbocycles. The molecule has 0 radical (unpaired) electrons. The van der Waals surface area contributed by atoms with Crippen LogP contribution in [0.5, 0.6) is 0 Å². The Morgan fingerprint density at radius 2 is 1.75 bits per heavy atom. The molecule has 0 spiro atoms. The van der Waals surface area contributed by atoms with Crippen LogP contribution >= 0.6 is 0 Å². The lowest BCUT2D eigenvalue weighted by Gasteiger charge is -2.12. The highest BCUT2D eigenvalue weighted by Crippen LogP contribution is 2.19. The third-order valence-corrected chi connectivity index (χ3v) is 2.36. The molecular weight excluding hydrogens is 120 g/mol. The van der Waals surface area contributed by atoms with Crippen molar-refractivity contribution in [2.75, 3.05) is 0 Å². The molecule has 0 saturated heterocycles. The fraction of sp³-hybridized carbons (Fsp3) is 1.00. The second kappa shape index (κ2) is 2.53. The van der Waals surface area contributed by atoms with Gasteiger partial charge in [0.2, 0.25) is 5.25 Å². The van der Waals surface area contributed by atoms with Crippen molar-refractivity contribution < 1.29 is 4.21 Å². The van der Waals surface area contributed by atoms with Crippen LogP contribution in [0.1, 0.15) is 27.7 Å². The molecule has 0 aliphatic rings. The predicted octanol–water partition coefficient (Wildman–Crippen LogP) is 1.85. The average Bonchev–Trinajstić information content (AvgIpc) is 1.62. The molecule has 1 nitrogen and oxygen atoms in total. The molecule has 0 rings (SSSR count). The minimum atomic E-state index is 0.159. The summed E-state index contributed by atoms with van der Waals surface area (Å²) in [5, 5.41) is 0.211. The van der Waals surface area contributed by atoms with Gasteiger partial charge in [-0.15, -0.1) is 0 Å². The molecule has 1 unspecified atom stereocenters. The van der Waals surface area contributed by atoms with Gasteiger partial charge < -0.3 is 0 Å². The molecule has 48 valence electrons. The van der Waals surface area contributed by atoms with E-state index >= 15 is 0 Å². The van der Waals surface area contributed by atoms with Crippen LogP contribution < -0.4 is 0 Å². The van der Waals surface area contributed by atoms with E-state index in [0.29, 0.717) is 11.7 Å². The largest absolute Gasteiger partial charge is 0.462 e. The lowest BCUT2D eigenvalue weighted by atomic mass is 9.93. The van der Waals surface area contributed by atoms with Crippen LogP contribution in [0.4, 0.5) is 0 Å². The van der Waals surface area contributed by atoms with Gasteiger partial charge in [0.1, 0.15) is 0 Å².